The molecule has 0 fully saturated rings. The zero-order valence-corrected chi connectivity index (χ0v) is 13.1. The van der Waals surface area contributed by atoms with E-state index in [2.05, 4.69) is 75.4 Å². The summed E-state index contributed by atoms with van der Waals surface area (Å²) in [6, 6.07) is 19.8. The molecule has 0 atom stereocenters. The highest BCUT2D eigenvalue weighted by Gasteiger charge is 2.08. The van der Waals surface area contributed by atoms with E-state index in [-0.39, 0.29) is 6.15 Å². The number of benzene rings is 3. The van der Waals surface area contributed by atoms with E-state index in [0.29, 0.717) is 0 Å². The quantitative estimate of drug-likeness (QED) is 0.657. The van der Waals surface area contributed by atoms with Crippen molar-refractivity contribution in [1.82, 2.24) is 6.15 Å². The average molecular weight is 277 g/mol. The largest absolute Gasteiger partial charge is 0.344 e. The molecule has 3 N–H and O–H groups in total. The summed E-state index contributed by atoms with van der Waals surface area (Å²) < 4.78 is 0. The third-order valence-electron chi connectivity index (χ3n) is 4.30. The van der Waals surface area contributed by atoms with Crippen LogP contribution >= 0.6 is 0 Å². The van der Waals surface area contributed by atoms with Gasteiger partial charge in [0.2, 0.25) is 0 Å². The van der Waals surface area contributed by atoms with Gasteiger partial charge in [0.05, 0.1) is 0 Å². The fraction of sp³-hybridized carbons (Fsp3) is 0.200. The molecule has 21 heavy (non-hydrogen) atoms. The fourth-order valence-electron chi connectivity index (χ4n) is 2.91. The Morgan fingerprint density at radius 2 is 1.29 bits per heavy atom. The van der Waals surface area contributed by atoms with E-state index in [1.54, 1.807) is 0 Å². The van der Waals surface area contributed by atoms with Crippen LogP contribution in [0.3, 0.4) is 0 Å². The van der Waals surface area contributed by atoms with Crippen molar-refractivity contribution in [1.29, 1.82) is 0 Å². The third-order valence-corrected chi connectivity index (χ3v) is 4.30. The third kappa shape index (κ3) is 2.84. The van der Waals surface area contributed by atoms with Gasteiger partial charge in [-0.1, -0.05) is 54.6 Å². The van der Waals surface area contributed by atoms with Crippen LogP contribution in [-0.4, -0.2) is 0 Å². The molecule has 0 aliphatic carbocycles. The Labute approximate surface area is 127 Å². The number of fused-ring (bicyclic) bond motifs is 1. The average Bonchev–Trinajstić information content (AvgIpc) is 2.47. The molecule has 3 aromatic rings. The monoisotopic (exact) mass is 277 g/mol. The Morgan fingerprint density at radius 3 is 2.00 bits per heavy atom. The normalized spacial score (nSPS) is 10.4. The zero-order valence-electron chi connectivity index (χ0n) is 13.1. The molecule has 0 aliphatic rings. The zero-order chi connectivity index (χ0) is 14.1. The predicted molar refractivity (Wildman–Crippen MR) is 92.4 cm³/mol. The maximum Gasteiger partial charge on any atom is -0.00169 e. The number of hydrogen-bond donors (Lipinski definition) is 1. The number of hydrogen-bond acceptors (Lipinski definition) is 1. The molecule has 0 amide bonds. The molecule has 3 aromatic carbocycles. The first-order valence-electron chi connectivity index (χ1n) is 7.19. The lowest BCUT2D eigenvalue weighted by Gasteiger charge is -2.13. The first-order chi connectivity index (χ1) is 9.66. The van der Waals surface area contributed by atoms with Crippen molar-refractivity contribution in [2.24, 2.45) is 0 Å². The molecule has 0 heterocycles. The van der Waals surface area contributed by atoms with Crippen LogP contribution in [-0.2, 0) is 6.42 Å². The van der Waals surface area contributed by atoms with Gasteiger partial charge in [-0.2, -0.15) is 0 Å². The van der Waals surface area contributed by atoms with Gasteiger partial charge in [-0.15, -0.1) is 0 Å². The molecule has 0 saturated carbocycles. The molecule has 0 spiro atoms. The first kappa shape index (κ1) is 15.3. The van der Waals surface area contributed by atoms with Crippen molar-refractivity contribution in [2.75, 3.05) is 0 Å². The van der Waals surface area contributed by atoms with Gasteiger partial charge >= 0.3 is 0 Å². The molecule has 0 aromatic heterocycles. The van der Waals surface area contributed by atoms with Gasteiger partial charge in [-0.3, -0.25) is 0 Å². The lowest BCUT2D eigenvalue weighted by Crippen LogP contribution is -1.95. The van der Waals surface area contributed by atoms with Crippen LogP contribution in [0, 0.1) is 20.8 Å². The second-order valence-corrected chi connectivity index (χ2v) is 5.63. The minimum absolute atomic E-state index is 0. The summed E-state index contributed by atoms with van der Waals surface area (Å²) in [6.45, 7) is 6.62. The summed E-state index contributed by atoms with van der Waals surface area (Å²) in [4.78, 5) is 0. The Kier molecular flexibility index (Phi) is 4.44. The summed E-state index contributed by atoms with van der Waals surface area (Å²) in [5.41, 5.74) is 7.00. The molecule has 1 nitrogen and oxygen atoms in total. The second-order valence-electron chi connectivity index (χ2n) is 5.63. The molecule has 0 aliphatic heterocycles. The Morgan fingerprint density at radius 1 is 0.667 bits per heavy atom. The Hall–Kier alpha value is -2.12. The summed E-state index contributed by atoms with van der Waals surface area (Å²) in [5.74, 6) is 0. The lowest BCUT2D eigenvalue weighted by atomic mass is 9.91. The summed E-state index contributed by atoms with van der Waals surface area (Å²) in [5, 5.41) is 2.77. The summed E-state index contributed by atoms with van der Waals surface area (Å²) in [7, 11) is 0. The van der Waals surface area contributed by atoms with Crippen LogP contribution in [0.2, 0.25) is 0 Å². The van der Waals surface area contributed by atoms with E-state index in [0.717, 1.165) is 6.42 Å². The van der Waals surface area contributed by atoms with Crippen molar-refractivity contribution < 1.29 is 0 Å². The topological polar surface area (TPSA) is 35.0 Å². The maximum absolute atomic E-state index is 2.35. The highest BCUT2D eigenvalue weighted by atomic mass is 14.1. The highest BCUT2D eigenvalue weighted by molar-refractivity contribution is 5.89. The van der Waals surface area contributed by atoms with E-state index in [1.807, 2.05) is 0 Å². The molecule has 0 unspecified atom stereocenters. The molecular formula is C20H23N. The van der Waals surface area contributed by atoms with Crippen molar-refractivity contribution in [2.45, 2.75) is 27.2 Å². The van der Waals surface area contributed by atoms with E-state index in [4.69, 9.17) is 0 Å². The van der Waals surface area contributed by atoms with E-state index < -0.39 is 0 Å². The molecule has 3 rings (SSSR count). The summed E-state index contributed by atoms with van der Waals surface area (Å²) >= 11 is 0. The molecule has 0 bridgehead atoms. The molecule has 0 radical (unpaired) electrons. The van der Waals surface area contributed by atoms with Gasteiger partial charge in [-0.25, -0.2) is 0 Å². The van der Waals surface area contributed by atoms with E-state index in [9.17, 15) is 0 Å². The van der Waals surface area contributed by atoms with Gasteiger partial charge in [0.1, 0.15) is 0 Å². The van der Waals surface area contributed by atoms with Gasteiger partial charge < -0.3 is 6.15 Å². The smallest absolute Gasteiger partial charge is 0.00169 e. The molecule has 108 valence electrons. The van der Waals surface area contributed by atoms with Crippen LogP contribution in [0.1, 0.15) is 27.8 Å². The van der Waals surface area contributed by atoms with Gasteiger partial charge in [0.15, 0.2) is 0 Å². The Bertz CT molecular complexity index is 772. The maximum atomic E-state index is 2.35. The summed E-state index contributed by atoms with van der Waals surface area (Å²) in [6.07, 6.45) is 1.01. The standard InChI is InChI=1S/C20H20.H3N/c1-14-8-4-5-9-17(14)13-18-12-15(2)16(3)19-10-6-7-11-20(18)19;/h4-12H,13H2,1-3H3;1H3. The Balaban J connectivity index is 0.00000161. The van der Waals surface area contributed by atoms with Crippen LogP contribution in [0.4, 0.5) is 0 Å². The van der Waals surface area contributed by atoms with Crippen molar-refractivity contribution in [3.05, 3.63) is 82.4 Å². The van der Waals surface area contributed by atoms with Gasteiger partial charge in [-0.05, 0) is 65.8 Å². The molecule has 0 saturated heterocycles. The van der Waals surface area contributed by atoms with Crippen LogP contribution in [0.15, 0.2) is 54.6 Å². The molecule has 1 heteroatoms. The van der Waals surface area contributed by atoms with Crippen molar-refractivity contribution in [3.8, 4) is 0 Å². The van der Waals surface area contributed by atoms with Crippen LogP contribution in [0.25, 0.3) is 10.8 Å². The first-order valence-corrected chi connectivity index (χ1v) is 7.19. The van der Waals surface area contributed by atoms with Gasteiger partial charge in [0, 0.05) is 0 Å². The molecular weight excluding hydrogens is 254 g/mol. The van der Waals surface area contributed by atoms with Gasteiger partial charge in [0.25, 0.3) is 0 Å². The van der Waals surface area contributed by atoms with Crippen molar-refractivity contribution in [3.63, 3.8) is 0 Å². The minimum atomic E-state index is 0. The van der Waals surface area contributed by atoms with E-state index in [1.165, 1.54) is 38.6 Å². The highest BCUT2D eigenvalue weighted by Crippen LogP contribution is 2.27. The van der Waals surface area contributed by atoms with Crippen molar-refractivity contribution >= 4 is 10.8 Å². The number of aryl methyl sites for hydroxylation is 3. The van der Waals surface area contributed by atoms with Crippen LogP contribution in [0.5, 0.6) is 0 Å². The van der Waals surface area contributed by atoms with Crippen LogP contribution < -0.4 is 6.15 Å². The second kappa shape index (κ2) is 6.11. The predicted octanol–water partition coefficient (Wildman–Crippen LogP) is 5.52. The van der Waals surface area contributed by atoms with E-state index >= 15 is 0 Å². The minimum Gasteiger partial charge on any atom is -0.344 e. The lowest BCUT2D eigenvalue weighted by molar-refractivity contribution is 1.16. The fourth-order valence-corrected chi connectivity index (χ4v) is 2.91. The SMILES string of the molecule is Cc1ccccc1Cc1cc(C)c(C)c2ccccc12.N. The number of rotatable bonds is 2.